The Bertz CT molecular complexity index is 1540. The number of hydrogen-bond donors (Lipinski definition) is 0. The molecule has 0 saturated carbocycles. The van der Waals surface area contributed by atoms with Crippen LogP contribution in [-0.4, -0.2) is 54.7 Å². The molecule has 1 saturated heterocycles. The number of pyridine rings is 1. The molecule has 0 bridgehead atoms. The highest BCUT2D eigenvalue weighted by Gasteiger charge is 2.18. The van der Waals surface area contributed by atoms with Gasteiger partial charge in [0.15, 0.2) is 0 Å². The van der Waals surface area contributed by atoms with Gasteiger partial charge in [-0.25, -0.2) is 4.57 Å². The molecule has 0 radical (unpaired) electrons. The standard InChI is InChI=1S/C37H49N3O3S/c1-2-3-4-5-6-7-8-9-10-16-36(41)40-34-29-31(19-17-30(34)18-20-37(40)42)43-27-12-11-22-38-23-25-39(26-24-38)33-14-13-15-35-32(33)21-28-44-35/h13-15,17-21,28-29H,2-12,16,22-27H2,1H3. The molecule has 3 heterocycles. The third kappa shape index (κ3) is 8.72. The summed E-state index contributed by atoms with van der Waals surface area (Å²) >= 11 is 1.81. The van der Waals surface area contributed by atoms with E-state index < -0.39 is 0 Å². The number of rotatable bonds is 17. The van der Waals surface area contributed by atoms with Crippen LogP contribution in [0.3, 0.4) is 0 Å². The molecule has 6 nitrogen and oxygen atoms in total. The average Bonchev–Trinajstić information content (AvgIpc) is 3.53. The molecule has 1 fully saturated rings. The second kappa shape index (κ2) is 16.8. The quantitative estimate of drug-likeness (QED) is 0.111. The molecule has 1 aliphatic heterocycles. The molecule has 0 spiro atoms. The highest BCUT2D eigenvalue weighted by atomic mass is 32.1. The summed E-state index contributed by atoms with van der Waals surface area (Å²) in [6, 6.07) is 17.9. The molecule has 236 valence electrons. The molecule has 2 aromatic heterocycles. The number of fused-ring (bicyclic) bond motifs is 2. The lowest BCUT2D eigenvalue weighted by Gasteiger charge is -2.36. The van der Waals surface area contributed by atoms with E-state index in [0.29, 0.717) is 24.3 Å². The number of aromatic nitrogens is 1. The zero-order valence-electron chi connectivity index (χ0n) is 26.5. The Kier molecular flexibility index (Phi) is 12.3. The first-order valence-corrected chi connectivity index (χ1v) is 17.8. The number of nitrogens with zero attached hydrogens (tertiary/aromatic N) is 3. The fraction of sp³-hybridized carbons (Fsp3) is 0.514. The lowest BCUT2D eigenvalue weighted by molar-refractivity contribution is 0.0900. The molecule has 0 atom stereocenters. The van der Waals surface area contributed by atoms with E-state index in [1.807, 2.05) is 29.5 Å². The number of anilines is 1. The van der Waals surface area contributed by atoms with Gasteiger partial charge in [-0.15, -0.1) is 11.3 Å². The Balaban J connectivity index is 1.03. The van der Waals surface area contributed by atoms with Gasteiger partial charge in [-0.2, -0.15) is 0 Å². The van der Waals surface area contributed by atoms with Crippen molar-refractivity contribution in [1.29, 1.82) is 0 Å². The fourth-order valence-electron chi connectivity index (χ4n) is 6.35. The van der Waals surface area contributed by atoms with Gasteiger partial charge in [0, 0.05) is 60.5 Å². The summed E-state index contributed by atoms with van der Waals surface area (Å²) in [4.78, 5) is 30.9. The smallest absolute Gasteiger partial charge is 0.257 e. The number of thiophene rings is 1. The SMILES string of the molecule is CCCCCCCCCCCC(=O)n1c(=O)ccc2ccc(OCCCCN3CCN(c4cccc5sccc45)CC3)cc21. The van der Waals surface area contributed by atoms with Gasteiger partial charge in [-0.1, -0.05) is 64.4 Å². The minimum Gasteiger partial charge on any atom is -0.494 e. The minimum atomic E-state index is -0.261. The van der Waals surface area contributed by atoms with E-state index in [1.54, 1.807) is 6.07 Å². The van der Waals surface area contributed by atoms with Crippen molar-refractivity contribution >= 4 is 43.9 Å². The van der Waals surface area contributed by atoms with Crippen molar-refractivity contribution in [3.05, 3.63) is 70.3 Å². The maximum Gasteiger partial charge on any atom is 0.257 e. The monoisotopic (exact) mass is 615 g/mol. The first-order chi connectivity index (χ1) is 21.6. The minimum absolute atomic E-state index is 0.118. The van der Waals surface area contributed by atoms with Crippen molar-refractivity contribution in [3.8, 4) is 5.75 Å². The number of benzene rings is 2. The molecule has 44 heavy (non-hydrogen) atoms. The van der Waals surface area contributed by atoms with Gasteiger partial charge in [0.05, 0.1) is 12.1 Å². The van der Waals surface area contributed by atoms with Gasteiger partial charge in [-0.05, 0) is 73.0 Å². The summed E-state index contributed by atoms with van der Waals surface area (Å²) in [6.45, 7) is 8.21. The van der Waals surface area contributed by atoms with E-state index in [4.69, 9.17) is 4.74 Å². The van der Waals surface area contributed by atoms with E-state index in [-0.39, 0.29) is 11.5 Å². The lowest BCUT2D eigenvalue weighted by Crippen LogP contribution is -2.46. The van der Waals surface area contributed by atoms with E-state index >= 15 is 0 Å². The number of unbranched alkanes of at least 4 members (excludes halogenated alkanes) is 9. The van der Waals surface area contributed by atoms with E-state index in [1.165, 1.54) is 64.9 Å². The molecular weight excluding hydrogens is 566 g/mol. The summed E-state index contributed by atoms with van der Waals surface area (Å²) in [5.41, 5.74) is 1.75. The van der Waals surface area contributed by atoms with Crippen LogP contribution in [0.25, 0.3) is 21.0 Å². The lowest BCUT2D eigenvalue weighted by atomic mass is 10.1. The fourth-order valence-corrected chi connectivity index (χ4v) is 7.16. The van der Waals surface area contributed by atoms with Crippen LogP contribution in [-0.2, 0) is 0 Å². The molecular formula is C37H49N3O3S. The van der Waals surface area contributed by atoms with Crippen molar-refractivity contribution in [2.75, 3.05) is 44.2 Å². The van der Waals surface area contributed by atoms with E-state index in [9.17, 15) is 9.59 Å². The molecule has 0 amide bonds. The summed E-state index contributed by atoms with van der Waals surface area (Å²) in [7, 11) is 0. The molecule has 4 aromatic rings. The summed E-state index contributed by atoms with van der Waals surface area (Å²) in [6.07, 6.45) is 13.2. The molecule has 2 aromatic carbocycles. The number of ether oxygens (including phenoxy) is 1. The third-order valence-electron chi connectivity index (χ3n) is 8.94. The Morgan fingerprint density at radius 3 is 2.36 bits per heavy atom. The van der Waals surface area contributed by atoms with Crippen LogP contribution in [0, 0.1) is 0 Å². The van der Waals surface area contributed by atoms with Crippen LogP contribution in [0.1, 0.15) is 88.8 Å². The molecule has 0 aliphatic carbocycles. The maximum atomic E-state index is 13.1. The van der Waals surface area contributed by atoms with E-state index in [0.717, 1.165) is 70.2 Å². The van der Waals surface area contributed by atoms with Crippen LogP contribution >= 0.6 is 11.3 Å². The average molecular weight is 616 g/mol. The van der Waals surface area contributed by atoms with Crippen molar-refractivity contribution in [3.63, 3.8) is 0 Å². The second-order valence-electron chi connectivity index (χ2n) is 12.2. The van der Waals surface area contributed by atoms with Gasteiger partial charge in [0.2, 0.25) is 5.91 Å². The highest BCUT2D eigenvalue weighted by Crippen LogP contribution is 2.31. The predicted octanol–water partition coefficient (Wildman–Crippen LogP) is 8.76. The topological polar surface area (TPSA) is 54.8 Å². The van der Waals surface area contributed by atoms with Crippen molar-refractivity contribution in [2.24, 2.45) is 0 Å². The Morgan fingerprint density at radius 1 is 0.818 bits per heavy atom. The Labute approximate surface area is 266 Å². The predicted molar refractivity (Wildman–Crippen MR) is 186 cm³/mol. The molecule has 0 unspecified atom stereocenters. The number of carbonyl (C=O) groups excluding carboxylic acids is 1. The first-order valence-electron chi connectivity index (χ1n) is 16.9. The number of carbonyl (C=O) groups is 1. The molecule has 0 N–H and O–H groups in total. The molecule has 7 heteroatoms. The Hall–Kier alpha value is -3.16. The van der Waals surface area contributed by atoms with Crippen LogP contribution in [0.15, 0.2) is 64.8 Å². The second-order valence-corrected chi connectivity index (χ2v) is 13.1. The number of piperazine rings is 1. The largest absolute Gasteiger partial charge is 0.494 e. The molecule has 5 rings (SSSR count). The van der Waals surface area contributed by atoms with Crippen LogP contribution in [0.5, 0.6) is 5.75 Å². The number of hydrogen-bond acceptors (Lipinski definition) is 6. The normalized spacial score (nSPS) is 14.1. The van der Waals surface area contributed by atoms with Crippen LogP contribution < -0.4 is 15.2 Å². The first kappa shape index (κ1) is 32.2. The van der Waals surface area contributed by atoms with Crippen molar-refractivity contribution in [2.45, 2.75) is 84.0 Å². The summed E-state index contributed by atoms with van der Waals surface area (Å²) < 4.78 is 8.81. The van der Waals surface area contributed by atoms with Gasteiger partial charge >= 0.3 is 0 Å². The van der Waals surface area contributed by atoms with Crippen molar-refractivity contribution < 1.29 is 9.53 Å². The zero-order chi connectivity index (χ0) is 30.6. The zero-order valence-corrected chi connectivity index (χ0v) is 27.3. The van der Waals surface area contributed by atoms with Gasteiger partial charge < -0.3 is 9.64 Å². The highest BCUT2D eigenvalue weighted by molar-refractivity contribution is 7.17. The van der Waals surface area contributed by atoms with E-state index in [2.05, 4.69) is 46.4 Å². The molecule has 1 aliphatic rings. The van der Waals surface area contributed by atoms with Crippen molar-refractivity contribution in [1.82, 2.24) is 9.47 Å². The summed E-state index contributed by atoms with van der Waals surface area (Å²) in [5.74, 6) is 0.594. The van der Waals surface area contributed by atoms with Crippen LogP contribution in [0.2, 0.25) is 0 Å². The van der Waals surface area contributed by atoms with Crippen LogP contribution in [0.4, 0.5) is 5.69 Å². The summed E-state index contributed by atoms with van der Waals surface area (Å²) in [5, 5.41) is 4.44. The van der Waals surface area contributed by atoms with Gasteiger partial charge in [-0.3, -0.25) is 14.5 Å². The third-order valence-corrected chi connectivity index (χ3v) is 9.82. The van der Waals surface area contributed by atoms with Gasteiger partial charge in [0.1, 0.15) is 5.75 Å². The maximum absolute atomic E-state index is 13.1. The van der Waals surface area contributed by atoms with Gasteiger partial charge in [0.25, 0.3) is 5.56 Å². The Morgan fingerprint density at radius 2 is 1.57 bits per heavy atom.